The minimum Gasteiger partial charge on any atom is -0.480 e. The summed E-state index contributed by atoms with van der Waals surface area (Å²) in [5.41, 5.74) is 0.129. The van der Waals surface area contributed by atoms with Crippen LogP contribution in [0, 0.1) is 5.82 Å². The largest absolute Gasteiger partial charge is 0.480 e. The van der Waals surface area contributed by atoms with E-state index in [0.29, 0.717) is 0 Å². The summed E-state index contributed by atoms with van der Waals surface area (Å²) in [5.74, 6) is -3.07. The molecular weight excluding hydrogens is 509 g/mol. The third-order valence-corrected chi connectivity index (χ3v) is 5.02. The standard InChI is InChI=1S/C14H13BrFN7O7S/c15-7-5-6(1-2-8(7)16)23-12(21-29-14(23)26)10-11(20-30-19-10)18-4-3-9(13(24)25)22-31(17,27)28/h1-2,5,9,22H,3-4H2,(H,18,20)(H,24,25)(H2,17,27,28)/t9-/m1/s1. The molecule has 0 fully saturated rings. The molecular formula is C14H13BrFN7O7S. The van der Waals surface area contributed by atoms with Gasteiger partial charge in [0.25, 0.3) is 10.2 Å². The molecule has 5 N–H and O–H groups in total. The minimum absolute atomic E-state index is 0.0389. The van der Waals surface area contributed by atoms with Gasteiger partial charge in [-0.25, -0.2) is 23.5 Å². The van der Waals surface area contributed by atoms with Gasteiger partial charge >= 0.3 is 11.7 Å². The zero-order valence-electron chi connectivity index (χ0n) is 15.2. The maximum Gasteiger partial charge on any atom is 0.446 e. The first-order valence-corrected chi connectivity index (χ1v) is 10.5. The first-order chi connectivity index (χ1) is 14.6. The number of benzene rings is 1. The summed E-state index contributed by atoms with van der Waals surface area (Å²) in [6.45, 7) is -0.106. The van der Waals surface area contributed by atoms with Gasteiger partial charge in [-0.3, -0.25) is 9.32 Å². The van der Waals surface area contributed by atoms with Gasteiger partial charge in [-0.2, -0.15) is 13.1 Å². The molecule has 0 amide bonds. The van der Waals surface area contributed by atoms with E-state index < -0.39 is 33.8 Å². The molecule has 31 heavy (non-hydrogen) atoms. The number of carboxylic acid groups (broad SMARTS) is 1. The first kappa shape index (κ1) is 22.5. The lowest BCUT2D eigenvalue weighted by Gasteiger charge is -2.12. The van der Waals surface area contributed by atoms with E-state index in [9.17, 15) is 22.4 Å². The van der Waals surface area contributed by atoms with Crippen LogP contribution in [0.5, 0.6) is 0 Å². The minimum atomic E-state index is -4.24. The average molecular weight is 522 g/mol. The number of hydrogen-bond donors (Lipinski definition) is 4. The number of nitrogens with one attached hydrogen (secondary N) is 2. The van der Waals surface area contributed by atoms with E-state index in [0.717, 1.165) is 10.6 Å². The number of aliphatic carboxylic acids is 1. The van der Waals surface area contributed by atoms with Crippen LogP contribution in [-0.2, 0) is 15.0 Å². The topological polar surface area (TPSA) is 208 Å². The molecule has 0 bridgehead atoms. The predicted octanol–water partition coefficient (Wildman–Crippen LogP) is -0.175. The van der Waals surface area contributed by atoms with Crippen LogP contribution in [0.1, 0.15) is 6.42 Å². The Labute approximate surface area is 180 Å². The molecule has 0 radical (unpaired) electrons. The number of nitrogens with two attached hydrogens (primary N) is 1. The summed E-state index contributed by atoms with van der Waals surface area (Å²) < 4.78 is 47.8. The zero-order valence-corrected chi connectivity index (χ0v) is 17.6. The lowest BCUT2D eigenvalue weighted by Crippen LogP contribution is -2.44. The number of hydrogen-bond acceptors (Lipinski definition) is 10. The van der Waals surface area contributed by atoms with Crippen LogP contribution in [0.25, 0.3) is 17.2 Å². The molecule has 3 aromatic rings. The molecule has 0 saturated carbocycles. The van der Waals surface area contributed by atoms with Crippen molar-refractivity contribution in [2.24, 2.45) is 5.14 Å². The van der Waals surface area contributed by atoms with E-state index in [1.165, 1.54) is 12.1 Å². The van der Waals surface area contributed by atoms with Crippen LogP contribution in [0.15, 0.2) is 36.6 Å². The van der Waals surface area contributed by atoms with Gasteiger partial charge in [0.15, 0.2) is 5.69 Å². The van der Waals surface area contributed by atoms with Crippen LogP contribution in [0.3, 0.4) is 0 Å². The van der Waals surface area contributed by atoms with Crippen molar-refractivity contribution < 1.29 is 31.9 Å². The fraction of sp³-hybridized carbons (Fsp3) is 0.214. The monoisotopic (exact) mass is 521 g/mol. The molecule has 3 rings (SSSR count). The fourth-order valence-corrected chi connectivity index (χ4v) is 3.45. The highest BCUT2D eigenvalue weighted by molar-refractivity contribution is 9.10. The highest BCUT2D eigenvalue weighted by atomic mass is 79.9. The van der Waals surface area contributed by atoms with E-state index >= 15 is 0 Å². The second-order valence-electron chi connectivity index (χ2n) is 5.94. The summed E-state index contributed by atoms with van der Waals surface area (Å²) in [5, 5.41) is 27.5. The number of carbonyl (C=O) groups is 1. The Hall–Kier alpha value is -3.15. The van der Waals surface area contributed by atoms with Gasteiger partial charge in [0, 0.05) is 6.54 Å². The molecule has 1 atom stereocenters. The van der Waals surface area contributed by atoms with Gasteiger partial charge in [-0.05, 0) is 50.9 Å². The van der Waals surface area contributed by atoms with Crippen LogP contribution < -0.4 is 20.9 Å². The van der Waals surface area contributed by atoms with E-state index in [1.54, 1.807) is 4.72 Å². The Morgan fingerprint density at radius 3 is 2.74 bits per heavy atom. The van der Waals surface area contributed by atoms with Gasteiger partial charge in [-0.1, -0.05) is 5.16 Å². The second kappa shape index (κ2) is 8.92. The Morgan fingerprint density at radius 2 is 2.10 bits per heavy atom. The van der Waals surface area contributed by atoms with Gasteiger partial charge in [-0.15, -0.1) is 0 Å². The number of anilines is 1. The SMILES string of the molecule is NS(=O)(=O)N[C@H](CCNc1nonc1-c1noc(=O)n1-c1ccc(F)c(Br)c1)C(=O)O. The molecule has 14 nitrogen and oxygen atoms in total. The maximum absolute atomic E-state index is 13.5. The number of aromatic nitrogens is 4. The molecule has 1 aromatic carbocycles. The third kappa shape index (κ3) is 5.32. The smallest absolute Gasteiger partial charge is 0.446 e. The molecule has 2 aromatic heterocycles. The van der Waals surface area contributed by atoms with Crippen LogP contribution >= 0.6 is 15.9 Å². The summed E-state index contributed by atoms with van der Waals surface area (Å²) in [4.78, 5) is 23.3. The van der Waals surface area contributed by atoms with Gasteiger partial charge in [0.1, 0.15) is 11.9 Å². The molecule has 17 heteroatoms. The molecule has 0 aliphatic rings. The van der Waals surface area contributed by atoms with Crippen molar-refractivity contribution in [3.63, 3.8) is 0 Å². The normalized spacial score (nSPS) is 12.6. The van der Waals surface area contributed by atoms with Crippen LogP contribution in [0.4, 0.5) is 10.2 Å². The summed E-state index contributed by atoms with van der Waals surface area (Å²) in [6, 6.07) is 2.23. The van der Waals surface area contributed by atoms with E-state index in [2.05, 4.69) is 45.9 Å². The van der Waals surface area contributed by atoms with Crippen LogP contribution in [-0.4, -0.2) is 52.1 Å². The predicted molar refractivity (Wildman–Crippen MR) is 104 cm³/mol. The van der Waals surface area contributed by atoms with E-state index in [-0.39, 0.29) is 40.5 Å². The first-order valence-electron chi connectivity index (χ1n) is 8.20. The Kier molecular flexibility index (Phi) is 6.48. The van der Waals surface area contributed by atoms with Gasteiger partial charge < -0.3 is 10.4 Å². The van der Waals surface area contributed by atoms with Crippen molar-refractivity contribution in [2.75, 3.05) is 11.9 Å². The van der Waals surface area contributed by atoms with Crippen molar-refractivity contribution in [3.8, 4) is 17.2 Å². The molecule has 0 aliphatic carbocycles. The van der Waals surface area contributed by atoms with Gasteiger partial charge in [0.2, 0.25) is 11.6 Å². The Morgan fingerprint density at radius 1 is 1.35 bits per heavy atom. The highest BCUT2D eigenvalue weighted by Crippen LogP contribution is 2.26. The van der Waals surface area contributed by atoms with E-state index in [4.69, 9.17) is 10.2 Å². The molecule has 166 valence electrons. The molecule has 0 saturated heterocycles. The van der Waals surface area contributed by atoms with Crippen molar-refractivity contribution in [3.05, 3.63) is 39.0 Å². The highest BCUT2D eigenvalue weighted by Gasteiger charge is 2.25. The lowest BCUT2D eigenvalue weighted by atomic mass is 10.2. The number of rotatable bonds is 9. The third-order valence-electron chi connectivity index (χ3n) is 3.80. The maximum atomic E-state index is 13.5. The Balaban J connectivity index is 1.84. The Bertz CT molecular complexity index is 1270. The number of halogens is 2. The summed E-state index contributed by atoms with van der Waals surface area (Å²) in [6.07, 6.45) is -0.228. The molecule has 0 spiro atoms. The van der Waals surface area contributed by atoms with Crippen molar-refractivity contribution in [1.29, 1.82) is 0 Å². The molecule has 2 heterocycles. The van der Waals surface area contributed by atoms with Crippen molar-refractivity contribution in [2.45, 2.75) is 12.5 Å². The average Bonchev–Trinajstić information content (AvgIpc) is 3.28. The summed E-state index contributed by atoms with van der Waals surface area (Å²) >= 11 is 3.02. The van der Waals surface area contributed by atoms with E-state index in [1.807, 2.05) is 0 Å². The van der Waals surface area contributed by atoms with Gasteiger partial charge in [0.05, 0.1) is 10.2 Å². The number of nitrogens with zero attached hydrogens (tertiary/aromatic N) is 4. The number of carboxylic acids is 1. The zero-order chi connectivity index (χ0) is 22.8. The molecule has 0 aliphatic heterocycles. The molecule has 0 unspecified atom stereocenters. The fourth-order valence-electron chi connectivity index (χ4n) is 2.47. The van der Waals surface area contributed by atoms with Crippen molar-refractivity contribution >= 4 is 37.9 Å². The summed E-state index contributed by atoms with van der Waals surface area (Å²) in [7, 11) is -4.24. The quantitative estimate of drug-likeness (QED) is 0.290. The lowest BCUT2D eigenvalue weighted by molar-refractivity contribution is -0.139. The second-order valence-corrected chi connectivity index (χ2v) is 8.12. The van der Waals surface area contributed by atoms with Crippen molar-refractivity contribution in [1.82, 2.24) is 24.8 Å². The van der Waals surface area contributed by atoms with Crippen LogP contribution in [0.2, 0.25) is 0 Å².